The van der Waals surface area contributed by atoms with Crippen LogP contribution in [0.3, 0.4) is 0 Å². The van der Waals surface area contributed by atoms with Gasteiger partial charge in [0.15, 0.2) is 0 Å². The Kier molecular flexibility index (Phi) is 3.10. The summed E-state index contributed by atoms with van der Waals surface area (Å²) in [4.78, 5) is 9.94. The molecule has 0 heterocycles. The van der Waals surface area contributed by atoms with Gasteiger partial charge in [-0.3, -0.25) is 0 Å². The molecule has 0 fully saturated rings. The molecule has 10 heavy (non-hydrogen) atoms. The third kappa shape index (κ3) is 4.10. The molecule has 0 aromatic heterocycles. The number of nitrogens with two attached hydrogens (primary N) is 1. The van der Waals surface area contributed by atoms with E-state index in [1.807, 2.05) is 0 Å². The highest BCUT2D eigenvalue weighted by molar-refractivity contribution is 7.90. The van der Waals surface area contributed by atoms with Gasteiger partial charge in [0.05, 0.1) is 12.4 Å². The van der Waals surface area contributed by atoms with E-state index in [2.05, 4.69) is 5.73 Å². The zero-order chi connectivity index (χ0) is 8.20. The summed E-state index contributed by atoms with van der Waals surface area (Å²) in [6, 6.07) is -1.14. The summed E-state index contributed by atoms with van der Waals surface area (Å²) in [7, 11) is -3.71. The minimum atomic E-state index is -3.71. The second-order valence-corrected chi connectivity index (χ2v) is 3.35. The second kappa shape index (κ2) is 3.37. The van der Waals surface area contributed by atoms with Crippen molar-refractivity contribution < 1.29 is 18.3 Å². The fourth-order valence-corrected chi connectivity index (χ4v) is 0.973. The van der Waals surface area contributed by atoms with Crippen LogP contribution >= 0.6 is 0 Å². The van der Waals surface area contributed by atoms with Gasteiger partial charge >= 0.3 is 6.03 Å². The summed E-state index contributed by atoms with van der Waals surface area (Å²) >= 11 is 0. The van der Waals surface area contributed by atoms with Crippen LogP contribution in [0.5, 0.6) is 0 Å². The molecule has 0 spiro atoms. The monoisotopic (exact) mass is 168 g/mol. The van der Waals surface area contributed by atoms with Crippen molar-refractivity contribution in [1.29, 1.82) is 0 Å². The van der Waals surface area contributed by atoms with Gasteiger partial charge in [0.25, 0.3) is 0 Å². The lowest BCUT2D eigenvalue weighted by atomic mass is 10.9. The number of urea groups is 1. The van der Waals surface area contributed by atoms with Gasteiger partial charge < -0.3 is 10.8 Å². The molecule has 7 heteroatoms. The number of hydrogen-bond donors (Lipinski definition) is 3. The highest BCUT2D eigenvalue weighted by atomic mass is 32.2. The van der Waals surface area contributed by atoms with Gasteiger partial charge in [-0.25, -0.2) is 17.9 Å². The molecule has 4 N–H and O–H groups in total. The standard InChI is InChI=1S/C3H8N2O4S/c4-3(7)5-10(8,9)2-1-6/h6H,1-2H2,(H3,4,5,7). The predicted octanol–water partition coefficient (Wildman–Crippen LogP) is -2.02. The maximum Gasteiger partial charge on any atom is 0.325 e. The quantitative estimate of drug-likeness (QED) is 0.451. The number of primary amides is 1. The lowest BCUT2D eigenvalue weighted by Crippen LogP contribution is -2.37. The molecule has 0 aliphatic carbocycles. The molecule has 6 nitrogen and oxygen atoms in total. The summed E-state index contributed by atoms with van der Waals surface area (Å²) in [5.74, 6) is -0.518. The van der Waals surface area contributed by atoms with Crippen LogP contribution < -0.4 is 10.5 Å². The molecule has 0 saturated heterocycles. The van der Waals surface area contributed by atoms with Crippen LogP contribution in [0.15, 0.2) is 0 Å². The van der Waals surface area contributed by atoms with Crippen molar-refractivity contribution in [2.75, 3.05) is 12.4 Å². The molecular weight excluding hydrogens is 160 g/mol. The average molecular weight is 168 g/mol. The van der Waals surface area contributed by atoms with Crippen LogP contribution in [0.2, 0.25) is 0 Å². The highest BCUT2D eigenvalue weighted by Crippen LogP contribution is 1.79. The van der Waals surface area contributed by atoms with Crippen molar-refractivity contribution in [2.45, 2.75) is 0 Å². The zero-order valence-electron chi connectivity index (χ0n) is 5.07. The average Bonchev–Trinajstić information content (AvgIpc) is 1.59. The third-order valence-electron chi connectivity index (χ3n) is 0.616. The van der Waals surface area contributed by atoms with Gasteiger partial charge in [0.1, 0.15) is 0 Å². The van der Waals surface area contributed by atoms with Crippen LogP contribution in [0.4, 0.5) is 4.79 Å². The highest BCUT2D eigenvalue weighted by Gasteiger charge is 2.09. The number of amides is 2. The lowest BCUT2D eigenvalue weighted by molar-refractivity contribution is 0.253. The Bertz CT molecular complexity index is 209. The molecular formula is C3H8N2O4S. The van der Waals surface area contributed by atoms with E-state index in [-0.39, 0.29) is 0 Å². The smallest absolute Gasteiger partial charge is 0.325 e. The van der Waals surface area contributed by atoms with Gasteiger partial charge in [-0.05, 0) is 0 Å². The van der Waals surface area contributed by atoms with Crippen LogP contribution in [-0.4, -0.2) is 31.9 Å². The van der Waals surface area contributed by atoms with Crippen molar-refractivity contribution >= 4 is 16.1 Å². The first-order chi connectivity index (χ1) is 4.48. The Morgan fingerprint density at radius 1 is 1.60 bits per heavy atom. The molecule has 2 amide bonds. The number of aliphatic hydroxyl groups excluding tert-OH is 1. The molecule has 0 saturated carbocycles. The zero-order valence-corrected chi connectivity index (χ0v) is 5.89. The largest absolute Gasteiger partial charge is 0.395 e. The summed E-state index contributed by atoms with van der Waals surface area (Å²) in [6.07, 6.45) is 0. The second-order valence-electron chi connectivity index (χ2n) is 1.51. The van der Waals surface area contributed by atoms with E-state index < -0.39 is 28.4 Å². The van der Waals surface area contributed by atoms with Gasteiger partial charge in [0.2, 0.25) is 10.0 Å². The fraction of sp³-hybridized carbons (Fsp3) is 0.667. The number of rotatable bonds is 3. The topological polar surface area (TPSA) is 109 Å². The van der Waals surface area contributed by atoms with Crippen molar-refractivity contribution in [2.24, 2.45) is 5.73 Å². The SMILES string of the molecule is NC(=O)NS(=O)(=O)CCO. The molecule has 0 atom stereocenters. The summed E-state index contributed by atoms with van der Waals surface area (Å²) in [5, 5.41) is 8.14. The number of aliphatic hydroxyl groups is 1. The van der Waals surface area contributed by atoms with Crippen LogP contribution in [0.1, 0.15) is 0 Å². The minimum Gasteiger partial charge on any atom is -0.395 e. The summed E-state index contributed by atoms with van der Waals surface area (Å²) in [5.41, 5.74) is 4.50. The van der Waals surface area contributed by atoms with E-state index in [1.54, 1.807) is 0 Å². The predicted molar refractivity (Wildman–Crippen MR) is 33.6 cm³/mol. The van der Waals surface area contributed by atoms with Crippen molar-refractivity contribution in [3.63, 3.8) is 0 Å². The van der Waals surface area contributed by atoms with E-state index in [1.165, 1.54) is 4.72 Å². The number of nitrogens with one attached hydrogen (secondary N) is 1. The third-order valence-corrected chi connectivity index (χ3v) is 1.85. The lowest BCUT2D eigenvalue weighted by Gasteiger charge is -1.99. The van der Waals surface area contributed by atoms with E-state index >= 15 is 0 Å². The molecule has 0 radical (unpaired) electrons. The molecule has 0 aliphatic heterocycles. The van der Waals surface area contributed by atoms with E-state index in [0.29, 0.717) is 0 Å². The maximum absolute atomic E-state index is 10.5. The van der Waals surface area contributed by atoms with Gasteiger partial charge in [0, 0.05) is 0 Å². The van der Waals surface area contributed by atoms with Crippen LogP contribution in [-0.2, 0) is 10.0 Å². The van der Waals surface area contributed by atoms with E-state index in [0.717, 1.165) is 0 Å². The minimum absolute atomic E-state index is 0.518. The first-order valence-corrected chi connectivity index (χ1v) is 4.04. The van der Waals surface area contributed by atoms with Crippen molar-refractivity contribution in [3.05, 3.63) is 0 Å². The van der Waals surface area contributed by atoms with Crippen molar-refractivity contribution in [3.8, 4) is 0 Å². The van der Waals surface area contributed by atoms with Gasteiger partial charge in [-0.2, -0.15) is 0 Å². The molecule has 60 valence electrons. The van der Waals surface area contributed by atoms with E-state index in [9.17, 15) is 13.2 Å². The van der Waals surface area contributed by atoms with Gasteiger partial charge in [-0.15, -0.1) is 0 Å². The number of hydrogen-bond acceptors (Lipinski definition) is 4. The maximum atomic E-state index is 10.5. The molecule has 0 unspecified atom stereocenters. The molecule has 0 aromatic rings. The van der Waals surface area contributed by atoms with E-state index in [4.69, 9.17) is 5.11 Å². The molecule has 0 aliphatic rings. The summed E-state index contributed by atoms with van der Waals surface area (Å²) in [6.45, 7) is -0.539. The normalized spacial score (nSPS) is 10.9. The Morgan fingerprint density at radius 3 is 2.40 bits per heavy atom. The fourth-order valence-electron chi connectivity index (χ4n) is 0.324. The molecule has 0 aromatic carbocycles. The van der Waals surface area contributed by atoms with Crippen LogP contribution in [0, 0.1) is 0 Å². The Balaban J connectivity index is 4.02. The number of carbonyl (C=O) groups is 1. The summed E-state index contributed by atoms with van der Waals surface area (Å²) < 4.78 is 22.4. The van der Waals surface area contributed by atoms with Crippen molar-refractivity contribution in [1.82, 2.24) is 4.72 Å². The first kappa shape index (κ1) is 9.18. The Labute approximate surface area is 58.1 Å². The first-order valence-electron chi connectivity index (χ1n) is 2.39. The molecule has 0 rings (SSSR count). The number of carbonyl (C=O) groups excluding carboxylic acids is 1. The molecule has 0 bridgehead atoms. The Hall–Kier alpha value is -0.820. The Morgan fingerprint density at radius 2 is 2.10 bits per heavy atom. The number of sulfonamides is 1. The van der Waals surface area contributed by atoms with Crippen LogP contribution in [0.25, 0.3) is 0 Å². The van der Waals surface area contributed by atoms with Gasteiger partial charge in [-0.1, -0.05) is 0 Å².